The Hall–Kier alpha value is -2.61. The molecule has 30 heavy (non-hydrogen) atoms. The maximum Gasteiger partial charge on any atom is 0.225 e. The number of aliphatic hydroxyl groups excluding tert-OH is 1. The lowest BCUT2D eigenvalue weighted by Crippen LogP contribution is -2.53. The third kappa shape index (κ3) is 4.43. The van der Waals surface area contributed by atoms with Crippen LogP contribution in [0.5, 0.6) is 5.75 Å². The number of β-amino-alcohol motifs (C(OH)–C–C–N with tert-alkyl or cyclic N) is 1. The first kappa shape index (κ1) is 20.7. The Labute approximate surface area is 176 Å². The van der Waals surface area contributed by atoms with E-state index in [1.54, 1.807) is 22.8 Å². The highest BCUT2D eigenvalue weighted by Crippen LogP contribution is 2.29. The van der Waals surface area contributed by atoms with Crippen LogP contribution in [-0.4, -0.2) is 71.0 Å². The predicted octanol–water partition coefficient (Wildman–Crippen LogP) is 1.17. The number of ether oxygens (including phenoxy) is 1. The number of aliphatic hydroxyl groups is 1. The number of anilines is 1. The summed E-state index contributed by atoms with van der Waals surface area (Å²) in [5.74, 6) is 0.634. The molecule has 3 aliphatic heterocycles. The van der Waals surface area contributed by atoms with E-state index in [1.807, 2.05) is 12.1 Å². The van der Waals surface area contributed by atoms with Crippen LogP contribution in [0.1, 0.15) is 38.2 Å². The molecule has 2 saturated heterocycles. The number of amides is 3. The van der Waals surface area contributed by atoms with Crippen LogP contribution >= 0.6 is 0 Å². The number of nitrogens with zero attached hydrogens (tertiary/aromatic N) is 2. The van der Waals surface area contributed by atoms with Gasteiger partial charge in [0.25, 0.3) is 0 Å². The molecule has 0 saturated carbocycles. The summed E-state index contributed by atoms with van der Waals surface area (Å²) in [6.45, 7) is 3.57. The van der Waals surface area contributed by atoms with Crippen LogP contribution in [0.15, 0.2) is 18.2 Å². The van der Waals surface area contributed by atoms with Crippen molar-refractivity contribution in [1.82, 2.24) is 9.80 Å². The summed E-state index contributed by atoms with van der Waals surface area (Å²) in [6.07, 6.45) is 1.93. The number of likely N-dealkylation sites (tertiary alicyclic amines) is 2. The van der Waals surface area contributed by atoms with Crippen LogP contribution in [-0.2, 0) is 20.8 Å². The van der Waals surface area contributed by atoms with Gasteiger partial charge in [0.15, 0.2) is 0 Å². The minimum Gasteiger partial charge on any atom is -0.488 e. The molecule has 0 aromatic heterocycles. The Kier molecular flexibility index (Phi) is 5.94. The fourth-order valence-electron chi connectivity index (χ4n) is 4.55. The molecular weight excluding hydrogens is 386 g/mol. The number of hydrogen-bond acceptors (Lipinski definition) is 5. The maximum absolute atomic E-state index is 12.9. The molecule has 0 radical (unpaired) electrons. The molecule has 4 rings (SSSR count). The summed E-state index contributed by atoms with van der Waals surface area (Å²) >= 11 is 0. The monoisotopic (exact) mass is 415 g/mol. The van der Waals surface area contributed by atoms with Gasteiger partial charge in [-0.1, -0.05) is 6.07 Å². The first-order chi connectivity index (χ1) is 14.4. The third-order valence-corrected chi connectivity index (χ3v) is 6.39. The minimum absolute atomic E-state index is 0.000594. The number of carbonyl (C=O) groups is 3. The van der Waals surface area contributed by atoms with Gasteiger partial charge in [0.2, 0.25) is 17.7 Å². The first-order valence-electron chi connectivity index (χ1n) is 10.7. The number of piperidine rings is 2. The van der Waals surface area contributed by atoms with E-state index in [9.17, 15) is 19.5 Å². The fraction of sp³-hybridized carbons (Fsp3) is 0.591. The van der Waals surface area contributed by atoms with Gasteiger partial charge in [-0.2, -0.15) is 0 Å². The Bertz CT molecular complexity index is 834. The molecule has 0 unspecified atom stereocenters. The van der Waals surface area contributed by atoms with Crippen LogP contribution in [0.4, 0.5) is 5.69 Å². The van der Waals surface area contributed by atoms with Gasteiger partial charge in [-0.25, -0.2) is 0 Å². The second-order valence-electron chi connectivity index (χ2n) is 8.44. The Morgan fingerprint density at radius 3 is 2.53 bits per heavy atom. The normalized spacial score (nSPS) is 24.8. The van der Waals surface area contributed by atoms with Gasteiger partial charge in [0.1, 0.15) is 18.0 Å². The van der Waals surface area contributed by atoms with Crippen LogP contribution in [0.25, 0.3) is 0 Å². The topological polar surface area (TPSA) is 99.2 Å². The number of carbonyl (C=O) groups excluding carboxylic acids is 3. The summed E-state index contributed by atoms with van der Waals surface area (Å²) in [6, 6.07) is 5.62. The van der Waals surface area contributed by atoms with Crippen molar-refractivity contribution in [3.63, 3.8) is 0 Å². The van der Waals surface area contributed by atoms with Gasteiger partial charge in [0.05, 0.1) is 6.54 Å². The standard InChI is InChI=1S/C22H29N3O5/c1-14(26)24-9-6-16(7-10-24)22(29)25-11-8-20(19(27)13-25)30-17-4-2-15-3-5-21(28)23-18(15)12-17/h2,4,12,16,19-20,27H,3,5-11,13H2,1H3,(H,23,28)/t19-,20-/m1/s1. The van der Waals surface area contributed by atoms with E-state index in [4.69, 9.17) is 4.74 Å². The summed E-state index contributed by atoms with van der Waals surface area (Å²) in [5.41, 5.74) is 1.85. The zero-order valence-corrected chi connectivity index (χ0v) is 17.3. The molecule has 3 amide bonds. The van der Waals surface area contributed by atoms with E-state index in [0.29, 0.717) is 51.1 Å². The lowest BCUT2D eigenvalue weighted by Gasteiger charge is -2.39. The van der Waals surface area contributed by atoms with Crippen molar-refractivity contribution in [3.8, 4) is 5.75 Å². The van der Waals surface area contributed by atoms with E-state index in [1.165, 1.54) is 0 Å². The van der Waals surface area contributed by atoms with Crippen LogP contribution < -0.4 is 10.1 Å². The number of aryl methyl sites for hydroxylation is 1. The molecule has 2 atom stereocenters. The number of benzene rings is 1. The Balaban J connectivity index is 1.31. The van der Waals surface area contributed by atoms with E-state index in [2.05, 4.69) is 5.32 Å². The number of rotatable bonds is 3. The summed E-state index contributed by atoms with van der Waals surface area (Å²) in [5, 5.41) is 13.5. The lowest BCUT2D eigenvalue weighted by atomic mass is 9.93. The summed E-state index contributed by atoms with van der Waals surface area (Å²) in [4.78, 5) is 39.4. The highest BCUT2D eigenvalue weighted by Gasteiger charge is 2.35. The number of nitrogens with one attached hydrogen (secondary N) is 1. The molecule has 2 N–H and O–H groups in total. The second kappa shape index (κ2) is 8.63. The molecule has 162 valence electrons. The predicted molar refractivity (Wildman–Crippen MR) is 110 cm³/mol. The van der Waals surface area contributed by atoms with Gasteiger partial charge in [-0.15, -0.1) is 0 Å². The zero-order chi connectivity index (χ0) is 21.3. The Morgan fingerprint density at radius 2 is 1.83 bits per heavy atom. The molecule has 3 heterocycles. The first-order valence-corrected chi connectivity index (χ1v) is 10.7. The summed E-state index contributed by atoms with van der Waals surface area (Å²) in [7, 11) is 0. The average molecular weight is 415 g/mol. The SMILES string of the molecule is CC(=O)N1CCC(C(=O)N2CC[C@@H](Oc3ccc4c(c3)NC(=O)CC4)[C@H](O)C2)CC1. The second-order valence-corrected chi connectivity index (χ2v) is 8.44. The molecule has 2 fully saturated rings. The van der Waals surface area contributed by atoms with Gasteiger partial charge >= 0.3 is 0 Å². The van der Waals surface area contributed by atoms with Gasteiger partial charge < -0.3 is 25.0 Å². The molecule has 1 aromatic carbocycles. The number of fused-ring (bicyclic) bond motifs is 1. The molecular formula is C22H29N3O5. The number of hydrogen-bond donors (Lipinski definition) is 2. The highest BCUT2D eigenvalue weighted by molar-refractivity contribution is 5.94. The highest BCUT2D eigenvalue weighted by atomic mass is 16.5. The van der Waals surface area contributed by atoms with Crippen LogP contribution in [0.3, 0.4) is 0 Å². The van der Waals surface area contributed by atoms with Crippen molar-refractivity contribution in [3.05, 3.63) is 23.8 Å². The quantitative estimate of drug-likeness (QED) is 0.772. The smallest absolute Gasteiger partial charge is 0.225 e. The average Bonchev–Trinajstić information content (AvgIpc) is 2.74. The molecule has 0 spiro atoms. The van der Waals surface area contributed by atoms with Crippen molar-refractivity contribution >= 4 is 23.4 Å². The van der Waals surface area contributed by atoms with Crippen molar-refractivity contribution < 1.29 is 24.2 Å². The third-order valence-electron chi connectivity index (χ3n) is 6.39. The summed E-state index contributed by atoms with van der Waals surface area (Å²) < 4.78 is 6.00. The lowest BCUT2D eigenvalue weighted by molar-refractivity contribution is -0.144. The van der Waals surface area contributed by atoms with Crippen LogP contribution in [0, 0.1) is 5.92 Å². The molecule has 8 nitrogen and oxygen atoms in total. The van der Waals surface area contributed by atoms with E-state index < -0.39 is 12.2 Å². The van der Waals surface area contributed by atoms with Crippen molar-refractivity contribution in [2.24, 2.45) is 5.92 Å². The van der Waals surface area contributed by atoms with E-state index >= 15 is 0 Å². The molecule has 3 aliphatic rings. The molecule has 1 aromatic rings. The van der Waals surface area contributed by atoms with Gasteiger partial charge in [-0.05, 0) is 30.9 Å². The minimum atomic E-state index is -0.773. The largest absolute Gasteiger partial charge is 0.488 e. The van der Waals surface area contributed by atoms with Crippen molar-refractivity contribution in [2.45, 2.75) is 51.2 Å². The van der Waals surface area contributed by atoms with E-state index in [0.717, 1.165) is 17.7 Å². The fourth-order valence-corrected chi connectivity index (χ4v) is 4.55. The molecule has 0 aliphatic carbocycles. The van der Waals surface area contributed by atoms with Gasteiger partial charge in [0, 0.05) is 57.1 Å². The van der Waals surface area contributed by atoms with E-state index in [-0.39, 0.29) is 30.2 Å². The molecule has 0 bridgehead atoms. The zero-order valence-electron chi connectivity index (χ0n) is 17.3. The molecule has 8 heteroatoms. The van der Waals surface area contributed by atoms with Crippen LogP contribution in [0.2, 0.25) is 0 Å². The van der Waals surface area contributed by atoms with Gasteiger partial charge in [-0.3, -0.25) is 14.4 Å². The Morgan fingerprint density at radius 1 is 1.10 bits per heavy atom. The van der Waals surface area contributed by atoms with Crippen molar-refractivity contribution in [2.75, 3.05) is 31.5 Å². The van der Waals surface area contributed by atoms with Crippen molar-refractivity contribution in [1.29, 1.82) is 0 Å². The maximum atomic E-state index is 12.9.